The van der Waals surface area contributed by atoms with Gasteiger partial charge in [-0.05, 0) is 49.8 Å². The molecule has 1 aromatic rings. The average molecular weight is 234 g/mol. The highest BCUT2D eigenvalue weighted by atomic mass is 16.5. The van der Waals surface area contributed by atoms with E-state index in [0.717, 1.165) is 37.0 Å². The topological polar surface area (TPSA) is 29.5 Å². The molecule has 0 aliphatic heterocycles. The van der Waals surface area contributed by atoms with E-state index in [1.165, 1.54) is 0 Å². The van der Waals surface area contributed by atoms with E-state index >= 15 is 0 Å². The van der Waals surface area contributed by atoms with Gasteiger partial charge in [-0.15, -0.1) is 0 Å². The Morgan fingerprint density at radius 3 is 2.94 bits per heavy atom. The zero-order valence-electron chi connectivity index (χ0n) is 10.8. The van der Waals surface area contributed by atoms with E-state index in [1.54, 1.807) is 0 Å². The smallest absolute Gasteiger partial charge is 0.119 e. The third kappa shape index (κ3) is 2.32. The molecule has 1 saturated carbocycles. The summed E-state index contributed by atoms with van der Waals surface area (Å²) in [6.45, 7) is 4.80. The lowest BCUT2D eigenvalue weighted by atomic mass is 9.82. The third-order valence-corrected chi connectivity index (χ3v) is 3.92. The van der Waals surface area contributed by atoms with Gasteiger partial charge >= 0.3 is 0 Å². The Kier molecular flexibility index (Phi) is 3.72. The highest BCUT2D eigenvalue weighted by Crippen LogP contribution is 2.45. The summed E-state index contributed by atoms with van der Waals surface area (Å²) in [4.78, 5) is 0. The van der Waals surface area contributed by atoms with E-state index in [-0.39, 0.29) is 0 Å². The molecule has 0 spiro atoms. The van der Waals surface area contributed by atoms with Crippen LogP contribution in [-0.2, 0) is 5.60 Å². The number of hydrogen-bond donors (Lipinski definition) is 1. The van der Waals surface area contributed by atoms with Crippen molar-refractivity contribution in [2.24, 2.45) is 5.92 Å². The molecule has 0 amide bonds. The van der Waals surface area contributed by atoms with Crippen molar-refractivity contribution in [3.8, 4) is 5.75 Å². The van der Waals surface area contributed by atoms with Gasteiger partial charge in [0.05, 0.1) is 12.2 Å². The maximum atomic E-state index is 10.9. The normalized spacial score (nSPS) is 28.3. The van der Waals surface area contributed by atoms with E-state index < -0.39 is 5.60 Å². The minimum Gasteiger partial charge on any atom is -0.494 e. The monoisotopic (exact) mass is 234 g/mol. The molecule has 0 heterocycles. The van der Waals surface area contributed by atoms with Crippen LogP contribution in [0.5, 0.6) is 5.75 Å². The van der Waals surface area contributed by atoms with Crippen LogP contribution in [0.2, 0.25) is 0 Å². The quantitative estimate of drug-likeness (QED) is 0.864. The molecular formula is C15H22O2. The summed E-state index contributed by atoms with van der Waals surface area (Å²) in [6.07, 6.45) is 4.16. The van der Waals surface area contributed by atoms with Crippen LogP contribution in [-0.4, -0.2) is 11.7 Å². The number of rotatable bonds is 4. The molecule has 2 rings (SSSR count). The summed E-state index contributed by atoms with van der Waals surface area (Å²) >= 11 is 0. The summed E-state index contributed by atoms with van der Waals surface area (Å²) in [6, 6.07) is 7.95. The lowest BCUT2D eigenvalue weighted by Crippen LogP contribution is -2.29. The van der Waals surface area contributed by atoms with Gasteiger partial charge in [-0.3, -0.25) is 0 Å². The summed E-state index contributed by atoms with van der Waals surface area (Å²) in [5.41, 5.74) is 0.384. The Hall–Kier alpha value is -1.02. The Morgan fingerprint density at radius 1 is 1.41 bits per heavy atom. The van der Waals surface area contributed by atoms with E-state index in [4.69, 9.17) is 4.74 Å². The zero-order valence-corrected chi connectivity index (χ0v) is 10.8. The summed E-state index contributed by atoms with van der Waals surface area (Å²) in [7, 11) is 0. The third-order valence-electron chi connectivity index (χ3n) is 3.92. The molecule has 94 valence electrons. The van der Waals surface area contributed by atoms with E-state index in [1.807, 2.05) is 31.2 Å². The van der Waals surface area contributed by atoms with Gasteiger partial charge in [-0.25, -0.2) is 0 Å². The van der Waals surface area contributed by atoms with Gasteiger partial charge in [0.1, 0.15) is 5.75 Å². The molecule has 1 aromatic carbocycles. The van der Waals surface area contributed by atoms with Gasteiger partial charge in [-0.2, -0.15) is 0 Å². The van der Waals surface area contributed by atoms with Crippen molar-refractivity contribution in [3.05, 3.63) is 29.8 Å². The van der Waals surface area contributed by atoms with Crippen molar-refractivity contribution in [1.29, 1.82) is 0 Å². The molecule has 1 aliphatic carbocycles. The van der Waals surface area contributed by atoms with Crippen molar-refractivity contribution in [2.75, 3.05) is 6.61 Å². The lowest BCUT2D eigenvalue weighted by Gasteiger charge is -2.30. The molecule has 1 N–H and O–H groups in total. The van der Waals surface area contributed by atoms with Crippen molar-refractivity contribution >= 4 is 0 Å². The minimum atomic E-state index is -0.637. The predicted molar refractivity (Wildman–Crippen MR) is 69.1 cm³/mol. The maximum Gasteiger partial charge on any atom is 0.119 e. The molecule has 1 aliphatic rings. The number of hydrogen-bond acceptors (Lipinski definition) is 2. The van der Waals surface area contributed by atoms with Gasteiger partial charge in [0.15, 0.2) is 0 Å². The first kappa shape index (κ1) is 12.4. The second-order valence-corrected chi connectivity index (χ2v) is 4.88. The standard InChI is InChI=1S/C15H22O2/c1-3-12-8-6-10-15(12,16)13-7-5-9-14(11-13)17-4-2/h5,7,9,11-12,16H,3-4,6,8,10H2,1-2H3. The van der Waals surface area contributed by atoms with Gasteiger partial charge in [0, 0.05) is 0 Å². The fraction of sp³-hybridized carbons (Fsp3) is 0.600. The Bertz CT molecular complexity index is 375. The molecule has 0 saturated heterocycles. The molecule has 2 atom stereocenters. The second kappa shape index (κ2) is 5.09. The molecule has 0 bridgehead atoms. The minimum absolute atomic E-state index is 0.388. The van der Waals surface area contributed by atoms with Crippen LogP contribution in [0.15, 0.2) is 24.3 Å². The lowest BCUT2D eigenvalue weighted by molar-refractivity contribution is -0.00406. The van der Waals surface area contributed by atoms with Crippen LogP contribution in [0.25, 0.3) is 0 Å². The molecule has 17 heavy (non-hydrogen) atoms. The number of ether oxygens (including phenoxy) is 1. The Balaban J connectivity index is 2.28. The highest BCUT2D eigenvalue weighted by molar-refractivity contribution is 5.33. The second-order valence-electron chi connectivity index (χ2n) is 4.88. The van der Waals surface area contributed by atoms with E-state index in [9.17, 15) is 5.11 Å². The van der Waals surface area contributed by atoms with E-state index in [0.29, 0.717) is 12.5 Å². The molecule has 2 nitrogen and oxygen atoms in total. The van der Waals surface area contributed by atoms with Gasteiger partial charge in [-0.1, -0.05) is 25.5 Å². The largest absolute Gasteiger partial charge is 0.494 e. The zero-order chi connectivity index (χ0) is 12.3. The Labute approximate surface area is 104 Å². The number of aliphatic hydroxyl groups is 1. The number of benzene rings is 1. The molecule has 2 unspecified atom stereocenters. The average Bonchev–Trinajstić information content (AvgIpc) is 2.73. The molecular weight excluding hydrogens is 212 g/mol. The van der Waals surface area contributed by atoms with E-state index in [2.05, 4.69) is 6.92 Å². The summed E-state index contributed by atoms with van der Waals surface area (Å²) < 4.78 is 5.51. The van der Waals surface area contributed by atoms with Crippen LogP contribution < -0.4 is 4.74 Å². The first-order chi connectivity index (χ1) is 8.20. The van der Waals surface area contributed by atoms with Crippen LogP contribution in [0.1, 0.15) is 45.1 Å². The fourth-order valence-corrected chi connectivity index (χ4v) is 3.00. The van der Waals surface area contributed by atoms with Gasteiger partial charge < -0.3 is 9.84 Å². The first-order valence-corrected chi connectivity index (χ1v) is 6.66. The van der Waals surface area contributed by atoms with Crippen LogP contribution >= 0.6 is 0 Å². The summed E-state index contributed by atoms with van der Waals surface area (Å²) in [5.74, 6) is 1.25. The van der Waals surface area contributed by atoms with Crippen molar-refractivity contribution in [1.82, 2.24) is 0 Å². The first-order valence-electron chi connectivity index (χ1n) is 6.66. The van der Waals surface area contributed by atoms with Gasteiger partial charge in [0.2, 0.25) is 0 Å². The van der Waals surface area contributed by atoms with Crippen molar-refractivity contribution in [3.63, 3.8) is 0 Å². The van der Waals surface area contributed by atoms with Crippen molar-refractivity contribution < 1.29 is 9.84 Å². The highest BCUT2D eigenvalue weighted by Gasteiger charge is 2.41. The molecule has 0 aromatic heterocycles. The molecule has 0 radical (unpaired) electrons. The van der Waals surface area contributed by atoms with Crippen molar-refractivity contribution in [2.45, 2.75) is 45.1 Å². The SMILES string of the molecule is CCOc1cccc(C2(O)CCCC2CC)c1. The van der Waals surface area contributed by atoms with Crippen LogP contribution in [0.3, 0.4) is 0 Å². The molecule has 1 fully saturated rings. The maximum absolute atomic E-state index is 10.9. The molecule has 2 heteroatoms. The summed E-state index contributed by atoms with van der Waals surface area (Å²) in [5, 5.41) is 10.9. The predicted octanol–water partition coefficient (Wildman–Crippen LogP) is 3.48. The van der Waals surface area contributed by atoms with Gasteiger partial charge in [0.25, 0.3) is 0 Å². The van der Waals surface area contributed by atoms with Crippen LogP contribution in [0, 0.1) is 5.92 Å². The Morgan fingerprint density at radius 2 is 2.24 bits per heavy atom. The van der Waals surface area contributed by atoms with Crippen LogP contribution in [0.4, 0.5) is 0 Å². The fourth-order valence-electron chi connectivity index (χ4n) is 3.00.